The Bertz CT molecular complexity index is 1310. The number of aromatic hydroxyl groups is 1. The number of phenols is 1. The van der Waals surface area contributed by atoms with Gasteiger partial charge < -0.3 is 15.5 Å². The topological polar surface area (TPSA) is 78.3 Å². The van der Waals surface area contributed by atoms with Gasteiger partial charge in [0.2, 0.25) is 0 Å². The average Bonchev–Trinajstić information content (AvgIpc) is 2.74. The Labute approximate surface area is 189 Å². The number of fused-ring (bicyclic) bond motifs is 2. The molecule has 2 atom stereocenters. The third-order valence-corrected chi connectivity index (χ3v) is 6.03. The van der Waals surface area contributed by atoms with Gasteiger partial charge in [0.05, 0.1) is 11.1 Å². The third kappa shape index (κ3) is 3.57. The summed E-state index contributed by atoms with van der Waals surface area (Å²) in [6, 6.07) is 1.19. The fourth-order valence-electron chi connectivity index (χ4n) is 4.10. The summed E-state index contributed by atoms with van der Waals surface area (Å²) in [5.41, 5.74) is -4.10. The fourth-order valence-corrected chi connectivity index (χ4v) is 4.31. The van der Waals surface area contributed by atoms with Gasteiger partial charge in [0.1, 0.15) is 17.2 Å². The molecule has 1 heterocycles. The van der Waals surface area contributed by atoms with Crippen molar-refractivity contribution in [1.82, 2.24) is 9.97 Å². The van der Waals surface area contributed by atoms with Crippen molar-refractivity contribution in [3.63, 3.8) is 0 Å². The number of nitrogens with one attached hydrogen (secondary N) is 1. The Balaban J connectivity index is 2.00. The molecule has 0 fully saturated rings. The molecule has 0 saturated heterocycles. The highest BCUT2D eigenvalue weighted by atomic mass is 35.5. The average molecular weight is 486 g/mol. The molecule has 0 bridgehead atoms. The summed E-state index contributed by atoms with van der Waals surface area (Å²) < 4.78 is 71.3. The van der Waals surface area contributed by atoms with Crippen molar-refractivity contribution >= 4 is 33.8 Å². The molecule has 0 radical (unpaired) electrons. The highest BCUT2D eigenvalue weighted by Crippen LogP contribution is 2.55. The Morgan fingerprint density at radius 1 is 1.27 bits per heavy atom. The van der Waals surface area contributed by atoms with Gasteiger partial charge in [0, 0.05) is 29.3 Å². The van der Waals surface area contributed by atoms with Crippen LogP contribution in [0.4, 0.5) is 27.6 Å². The van der Waals surface area contributed by atoms with Crippen molar-refractivity contribution < 1.29 is 32.2 Å². The summed E-state index contributed by atoms with van der Waals surface area (Å²) in [5.74, 6) is -2.58. The monoisotopic (exact) mass is 485 g/mol. The first-order chi connectivity index (χ1) is 15.4. The first-order valence-corrected chi connectivity index (χ1v) is 10.1. The minimum atomic E-state index is -5.14. The highest BCUT2D eigenvalue weighted by Gasteiger charge is 2.62. The van der Waals surface area contributed by atoms with E-state index < -0.39 is 46.6 Å². The Morgan fingerprint density at radius 2 is 1.97 bits per heavy atom. The van der Waals surface area contributed by atoms with Crippen LogP contribution in [0, 0.1) is 18.6 Å². The van der Waals surface area contributed by atoms with Crippen molar-refractivity contribution in [1.29, 1.82) is 0 Å². The van der Waals surface area contributed by atoms with Gasteiger partial charge in [0.15, 0.2) is 17.2 Å². The molecule has 4 rings (SSSR count). The predicted molar refractivity (Wildman–Crippen MR) is 113 cm³/mol. The second kappa shape index (κ2) is 7.81. The molecular formula is C22H17ClF5N3O2. The lowest BCUT2D eigenvalue weighted by Gasteiger charge is -2.44. The largest absolute Gasteiger partial charge is 0.504 e. The minimum Gasteiger partial charge on any atom is -0.504 e. The number of anilines is 1. The molecule has 1 aliphatic rings. The molecule has 0 aliphatic heterocycles. The first kappa shape index (κ1) is 23.2. The summed E-state index contributed by atoms with van der Waals surface area (Å²) in [4.78, 5) is 7.97. The molecule has 1 aromatic heterocycles. The molecule has 0 saturated carbocycles. The SMILES string of the molecule is CC=C1C[C@@](O)(C(F)(F)F)[C@@H](Nc2ccc(F)c3nc(C)ncc23)c2cc(Cl)c(F)c(O)c21. The van der Waals surface area contributed by atoms with Gasteiger partial charge in [-0.25, -0.2) is 18.7 Å². The maximum Gasteiger partial charge on any atom is 0.419 e. The second-order valence-electron chi connectivity index (χ2n) is 7.75. The lowest BCUT2D eigenvalue weighted by molar-refractivity contribution is -0.265. The number of alkyl halides is 3. The van der Waals surface area contributed by atoms with Gasteiger partial charge in [-0.1, -0.05) is 17.7 Å². The lowest BCUT2D eigenvalue weighted by Crippen LogP contribution is -2.54. The number of aliphatic hydroxyl groups is 1. The number of phenolic OH excluding ortho intramolecular Hbond substituents is 1. The van der Waals surface area contributed by atoms with Crippen LogP contribution in [0.3, 0.4) is 0 Å². The Hall–Kier alpha value is -2.98. The normalized spacial score (nSPS) is 22.0. The van der Waals surface area contributed by atoms with Crippen molar-refractivity contribution in [3.8, 4) is 5.75 Å². The number of hydrogen-bond donors (Lipinski definition) is 3. The summed E-state index contributed by atoms with van der Waals surface area (Å²) in [7, 11) is 0. The molecule has 0 spiro atoms. The van der Waals surface area contributed by atoms with E-state index in [1.54, 1.807) is 0 Å². The lowest BCUT2D eigenvalue weighted by atomic mass is 9.72. The van der Waals surface area contributed by atoms with Crippen molar-refractivity contribution in [2.45, 2.75) is 38.1 Å². The Kier molecular flexibility index (Phi) is 5.49. The number of allylic oxidation sites excluding steroid dienone is 1. The van der Waals surface area contributed by atoms with E-state index in [1.807, 2.05) is 0 Å². The third-order valence-electron chi connectivity index (χ3n) is 5.76. The minimum absolute atomic E-state index is 0.00566. The van der Waals surface area contributed by atoms with E-state index in [4.69, 9.17) is 11.6 Å². The Morgan fingerprint density at radius 3 is 2.61 bits per heavy atom. The maximum atomic E-state index is 14.3. The molecule has 0 amide bonds. The van der Waals surface area contributed by atoms with Crippen LogP contribution in [0.1, 0.15) is 36.3 Å². The van der Waals surface area contributed by atoms with Crippen molar-refractivity contribution in [3.05, 3.63) is 64.1 Å². The van der Waals surface area contributed by atoms with Crippen molar-refractivity contribution in [2.24, 2.45) is 0 Å². The summed E-state index contributed by atoms with van der Waals surface area (Å²) >= 11 is 5.84. The van der Waals surface area contributed by atoms with Crippen LogP contribution in [0.15, 0.2) is 30.5 Å². The number of benzene rings is 2. The van der Waals surface area contributed by atoms with E-state index >= 15 is 0 Å². The number of aryl methyl sites for hydroxylation is 1. The van der Waals surface area contributed by atoms with Gasteiger partial charge >= 0.3 is 6.18 Å². The zero-order valence-corrected chi connectivity index (χ0v) is 18.0. The van der Waals surface area contributed by atoms with Crippen molar-refractivity contribution in [2.75, 3.05) is 5.32 Å². The van der Waals surface area contributed by atoms with Crippen LogP contribution in [0.2, 0.25) is 5.02 Å². The molecule has 5 nitrogen and oxygen atoms in total. The summed E-state index contributed by atoms with van der Waals surface area (Å²) in [5, 5.41) is 23.4. The number of hydrogen-bond acceptors (Lipinski definition) is 5. The highest BCUT2D eigenvalue weighted by molar-refractivity contribution is 6.31. The van der Waals surface area contributed by atoms with Crippen LogP contribution in [-0.4, -0.2) is 32.0 Å². The smallest absolute Gasteiger partial charge is 0.419 e. The van der Waals surface area contributed by atoms with Crippen LogP contribution < -0.4 is 5.32 Å². The summed E-state index contributed by atoms with van der Waals surface area (Å²) in [6.07, 6.45) is -3.62. The van der Waals surface area contributed by atoms with Gasteiger partial charge in [-0.3, -0.25) is 0 Å². The van der Waals surface area contributed by atoms with Gasteiger partial charge in [0.25, 0.3) is 0 Å². The number of nitrogens with zero attached hydrogens (tertiary/aromatic N) is 2. The number of halogens is 6. The molecule has 2 aromatic carbocycles. The van der Waals surface area contributed by atoms with Crippen LogP contribution in [0.5, 0.6) is 5.75 Å². The van der Waals surface area contributed by atoms with E-state index in [0.717, 1.165) is 12.1 Å². The van der Waals surface area contributed by atoms with E-state index in [9.17, 15) is 32.2 Å². The van der Waals surface area contributed by atoms with E-state index in [-0.39, 0.29) is 39.1 Å². The standard InChI is InChI=1S/C22H17ClF5N3O2/c1-3-10-7-21(33,22(26,27)28)20(11-6-13(23)17(25)19(32)16(10)11)31-15-5-4-14(24)18-12(15)8-29-9(2)30-18/h3-6,8,20,31-33H,7H2,1-2H3/t20-,21-/m0/s1. The van der Waals surface area contributed by atoms with E-state index in [1.165, 1.54) is 32.2 Å². The molecule has 3 N–H and O–H groups in total. The quantitative estimate of drug-likeness (QED) is 0.398. The van der Waals surface area contributed by atoms with Gasteiger partial charge in [-0.15, -0.1) is 0 Å². The van der Waals surface area contributed by atoms with Crippen LogP contribution >= 0.6 is 11.6 Å². The molecule has 0 unspecified atom stereocenters. The number of rotatable bonds is 2. The molecular weight excluding hydrogens is 469 g/mol. The maximum absolute atomic E-state index is 14.3. The molecule has 11 heteroatoms. The zero-order valence-electron chi connectivity index (χ0n) is 17.2. The van der Waals surface area contributed by atoms with Crippen LogP contribution in [-0.2, 0) is 0 Å². The second-order valence-corrected chi connectivity index (χ2v) is 8.16. The van der Waals surface area contributed by atoms with Gasteiger partial charge in [-0.05, 0) is 43.2 Å². The molecule has 1 aliphatic carbocycles. The summed E-state index contributed by atoms with van der Waals surface area (Å²) in [6.45, 7) is 2.93. The number of aromatic nitrogens is 2. The fraction of sp³-hybridized carbons (Fsp3) is 0.273. The van der Waals surface area contributed by atoms with Gasteiger partial charge in [-0.2, -0.15) is 13.2 Å². The zero-order chi connectivity index (χ0) is 24.3. The van der Waals surface area contributed by atoms with E-state index in [0.29, 0.717) is 0 Å². The molecule has 3 aromatic rings. The predicted octanol–water partition coefficient (Wildman–Crippen LogP) is 5.83. The first-order valence-electron chi connectivity index (χ1n) is 9.73. The van der Waals surface area contributed by atoms with E-state index in [2.05, 4.69) is 15.3 Å². The molecule has 33 heavy (non-hydrogen) atoms. The van der Waals surface area contributed by atoms with Crippen LogP contribution in [0.25, 0.3) is 16.5 Å². The molecule has 174 valence electrons.